The lowest BCUT2D eigenvalue weighted by Gasteiger charge is -2.10. The normalized spacial score (nSPS) is 10.2. The Balaban J connectivity index is 3.86. The number of hydrogen-bond acceptors (Lipinski definition) is 2. The van der Waals surface area contributed by atoms with E-state index in [4.69, 9.17) is 0 Å². The molecule has 0 heterocycles. The summed E-state index contributed by atoms with van der Waals surface area (Å²) in [5, 5.41) is 4.99. The van der Waals surface area contributed by atoms with Crippen molar-refractivity contribution in [1.29, 1.82) is 0 Å². The van der Waals surface area contributed by atoms with Gasteiger partial charge < -0.3 is 10.6 Å². The van der Waals surface area contributed by atoms with Gasteiger partial charge in [-0.2, -0.15) is 0 Å². The minimum atomic E-state index is -0.571. The van der Waals surface area contributed by atoms with Gasteiger partial charge in [-0.05, 0) is 27.7 Å². The third-order valence-corrected chi connectivity index (χ3v) is 1.05. The first-order valence-electron chi connectivity index (χ1n) is 4.04. The molecule has 0 saturated heterocycles. The van der Waals surface area contributed by atoms with Crippen molar-refractivity contribution in [2.75, 3.05) is 0 Å². The molecular weight excluding hydrogens is 156 g/mol. The first-order chi connectivity index (χ1) is 5.43. The molecule has 0 unspecified atom stereocenters. The molecule has 4 heteroatoms. The fraction of sp³-hybridized carbons (Fsp3) is 0.750. The average Bonchev–Trinajstić information content (AvgIpc) is 1.84. The Morgan fingerprint density at radius 2 is 1.08 bits per heavy atom. The molecule has 12 heavy (non-hydrogen) atoms. The number of carbonyl (C=O) groups excluding carboxylic acids is 2. The molecule has 0 aromatic carbocycles. The van der Waals surface area contributed by atoms with Gasteiger partial charge in [-0.15, -0.1) is 0 Å². The van der Waals surface area contributed by atoms with Gasteiger partial charge in [0.25, 0.3) is 0 Å². The highest BCUT2D eigenvalue weighted by molar-refractivity contribution is 6.35. The van der Waals surface area contributed by atoms with E-state index in [9.17, 15) is 9.59 Å². The van der Waals surface area contributed by atoms with Crippen molar-refractivity contribution in [2.45, 2.75) is 39.8 Å². The quantitative estimate of drug-likeness (QED) is 0.578. The van der Waals surface area contributed by atoms with Gasteiger partial charge in [0, 0.05) is 12.1 Å². The molecule has 4 nitrogen and oxygen atoms in total. The summed E-state index contributed by atoms with van der Waals surface area (Å²) in [4.78, 5) is 21.9. The number of nitrogens with one attached hydrogen (secondary N) is 2. The van der Waals surface area contributed by atoms with E-state index in [-0.39, 0.29) is 12.1 Å². The van der Waals surface area contributed by atoms with Crippen molar-refractivity contribution in [1.82, 2.24) is 10.6 Å². The van der Waals surface area contributed by atoms with E-state index >= 15 is 0 Å². The molecule has 0 aliphatic carbocycles. The van der Waals surface area contributed by atoms with Crippen molar-refractivity contribution in [3.05, 3.63) is 0 Å². The largest absolute Gasteiger partial charge is 0.346 e. The van der Waals surface area contributed by atoms with Crippen LogP contribution < -0.4 is 10.6 Å². The van der Waals surface area contributed by atoms with Crippen LogP contribution in [-0.4, -0.2) is 23.9 Å². The zero-order chi connectivity index (χ0) is 9.72. The van der Waals surface area contributed by atoms with Gasteiger partial charge in [-0.3, -0.25) is 9.59 Å². The zero-order valence-electron chi connectivity index (χ0n) is 7.97. The minimum Gasteiger partial charge on any atom is -0.346 e. The van der Waals surface area contributed by atoms with E-state index in [1.807, 2.05) is 0 Å². The Morgan fingerprint density at radius 1 is 0.833 bits per heavy atom. The van der Waals surface area contributed by atoms with Gasteiger partial charge in [-0.25, -0.2) is 0 Å². The van der Waals surface area contributed by atoms with Crippen LogP contribution >= 0.6 is 0 Å². The maximum Gasteiger partial charge on any atom is 0.309 e. The molecule has 0 saturated carbocycles. The number of amides is 2. The van der Waals surface area contributed by atoms with Crippen LogP contribution in [0.15, 0.2) is 0 Å². The van der Waals surface area contributed by atoms with E-state index in [0.29, 0.717) is 0 Å². The van der Waals surface area contributed by atoms with E-state index in [2.05, 4.69) is 10.6 Å². The number of hydrogen-bond donors (Lipinski definition) is 2. The van der Waals surface area contributed by atoms with Gasteiger partial charge in [-0.1, -0.05) is 0 Å². The van der Waals surface area contributed by atoms with Gasteiger partial charge in [0.1, 0.15) is 0 Å². The van der Waals surface area contributed by atoms with Gasteiger partial charge >= 0.3 is 11.8 Å². The maximum atomic E-state index is 11.0. The zero-order valence-corrected chi connectivity index (χ0v) is 7.97. The van der Waals surface area contributed by atoms with E-state index in [1.165, 1.54) is 0 Å². The molecule has 2 amide bonds. The van der Waals surface area contributed by atoms with E-state index in [1.54, 1.807) is 27.7 Å². The lowest BCUT2D eigenvalue weighted by atomic mass is 10.3. The summed E-state index contributed by atoms with van der Waals surface area (Å²) in [5.41, 5.74) is 0. The first-order valence-corrected chi connectivity index (χ1v) is 4.04. The SMILES string of the molecule is CC(C)NC(=O)C(=O)NC(C)C. The van der Waals surface area contributed by atoms with Crippen LogP contribution in [-0.2, 0) is 9.59 Å². The Kier molecular flexibility index (Phi) is 4.33. The number of carbonyl (C=O) groups is 2. The molecule has 0 aliphatic heterocycles. The minimum absolute atomic E-state index is 0.00425. The molecule has 0 aromatic heterocycles. The third kappa shape index (κ3) is 4.71. The fourth-order valence-electron chi connectivity index (χ4n) is 0.655. The summed E-state index contributed by atoms with van der Waals surface area (Å²) in [6.45, 7) is 7.22. The molecule has 0 fully saturated rings. The summed E-state index contributed by atoms with van der Waals surface area (Å²) < 4.78 is 0. The standard InChI is InChI=1S/C8H16N2O2/c1-5(2)9-7(11)8(12)10-6(3)4/h5-6H,1-4H3,(H,9,11)(H,10,12). The van der Waals surface area contributed by atoms with Crippen molar-refractivity contribution in [3.8, 4) is 0 Å². The van der Waals surface area contributed by atoms with Crippen LogP contribution in [0, 0.1) is 0 Å². The second kappa shape index (κ2) is 4.74. The highest BCUT2D eigenvalue weighted by atomic mass is 16.2. The summed E-state index contributed by atoms with van der Waals surface area (Å²) in [6.07, 6.45) is 0. The lowest BCUT2D eigenvalue weighted by Crippen LogP contribution is -2.44. The van der Waals surface area contributed by atoms with Crippen LogP contribution in [0.5, 0.6) is 0 Å². The highest BCUT2D eigenvalue weighted by Gasteiger charge is 2.14. The van der Waals surface area contributed by atoms with Crippen molar-refractivity contribution in [3.63, 3.8) is 0 Å². The van der Waals surface area contributed by atoms with Gasteiger partial charge in [0.15, 0.2) is 0 Å². The van der Waals surface area contributed by atoms with Crippen LogP contribution in [0.25, 0.3) is 0 Å². The smallest absolute Gasteiger partial charge is 0.309 e. The monoisotopic (exact) mass is 172 g/mol. The van der Waals surface area contributed by atoms with E-state index in [0.717, 1.165) is 0 Å². The Bertz CT molecular complexity index is 156. The third-order valence-electron chi connectivity index (χ3n) is 1.05. The van der Waals surface area contributed by atoms with Gasteiger partial charge in [0.2, 0.25) is 0 Å². The molecule has 0 rings (SSSR count). The molecule has 2 N–H and O–H groups in total. The van der Waals surface area contributed by atoms with Crippen molar-refractivity contribution >= 4 is 11.8 Å². The summed E-state index contributed by atoms with van der Waals surface area (Å²) in [6, 6.07) is -0.00850. The maximum absolute atomic E-state index is 11.0. The molecule has 0 spiro atoms. The fourth-order valence-corrected chi connectivity index (χ4v) is 0.655. The Morgan fingerprint density at radius 3 is 1.25 bits per heavy atom. The lowest BCUT2D eigenvalue weighted by molar-refractivity contribution is -0.139. The second-order valence-corrected chi connectivity index (χ2v) is 3.26. The molecular formula is C8H16N2O2. The highest BCUT2D eigenvalue weighted by Crippen LogP contribution is 1.80. The molecule has 0 aliphatic rings. The molecule has 0 aromatic rings. The van der Waals surface area contributed by atoms with Crippen LogP contribution in [0.4, 0.5) is 0 Å². The first kappa shape index (κ1) is 10.9. The summed E-state index contributed by atoms with van der Waals surface area (Å²) >= 11 is 0. The molecule has 0 bridgehead atoms. The van der Waals surface area contributed by atoms with Gasteiger partial charge in [0.05, 0.1) is 0 Å². The molecule has 0 radical (unpaired) electrons. The molecule has 0 atom stereocenters. The Hall–Kier alpha value is -1.06. The van der Waals surface area contributed by atoms with Crippen LogP contribution in [0.2, 0.25) is 0 Å². The average molecular weight is 172 g/mol. The van der Waals surface area contributed by atoms with Crippen molar-refractivity contribution < 1.29 is 9.59 Å². The second-order valence-electron chi connectivity index (χ2n) is 3.26. The topological polar surface area (TPSA) is 58.2 Å². The van der Waals surface area contributed by atoms with Crippen LogP contribution in [0.1, 0.15) is 27.7 Å². The van der Waals surface area contributed by atoms with Crippen LogP contribution in [0.3, 0.4) is 0 Å². The number of rotatable bonds is 2. The van der Waals surface area contributed by atoms with E-state index < -0.39 is 11.8 Å². The summed E-state index contributed by atoms with van der Waals surface area (Å²) in [7, 11) is 0. The predicted octanol–water partition coefficient (Wildman–Crippen LogP) is 0.0356. The summed E-state index contributed by atoms with van der Waals surface area (Å²) in [5.74, 6) is -1.14. The molecule has 70 valence electrons. The predicted molar refractivity (Wildman–Crippen MR) is 46.6 cm³/mol. The Labute approximate surface area is 72.7 Å². The van der Waals surface area contributed by atoms with Crippen molar-refractivity contribution in [2.24, 2.45) is 0 Å².